The SMILES string of the molecule is CC(NC(=O)CSc1ccc(F)cc1F)c1nn[nH]n1. The van der Waals surface area contributed by atoms with E-state index in [9.17, 15) is 13.6 Å². The number of hydrogen-bond donors (Lipinski definition) is 2. The Morgan fingerprint density at radius 2 is 2.30 bits per heavy atom. The molecular formula is C11H11F2N5OS. The molecule has 1 aromatic carbocycles. The van der Waals surface area contributed by atoms with Crippen molar-refractivity contribution in [3.05, 3.63) is 35.7 Å². The predicted molar refractivity (Wildman–Crippen MR) is 67.8 cm³/mol. The van der Waals surface area contributed by atoms with Gasteiger partial charge in [-0.05, 0) is 19.1 Å². The topological polar surface area (TPSA) is 83.6 Å². The molecule has 2 aromatic rings. The summed E-state index contributed by atoms with van der Waals surface area (Å²) in [6.07, 6.45) is 0. The Hall–Kier alpha value is -2.03. The van der Waals surface area contributed by atoms with Gasteiger partial charge >= 0.3 is 0 Å². The first-order valence-electron chi connectivity index (χ1n) is 5.67. The number of benzene rings is 1. The van der Waals surface area contributed by atoms with Gasteiger partial charge in [-0.15, -0.1) is 22.0 Å². The highest BCUT2D eigenvalue weighted by Crippen LogP contribution is 2.22. The number of nitrogens with one attached hydrogen (secondary N) is 2. The van der Waals surface area contributed by atoms with Crippen LogP contribution in [0, 0.1) is 11.6 Å². The Balaban J connectivity index is 1.86. The summed E-state index contributed by atoms with van der Waals surface area (Å²) in [5, 5.41) is 15.8. The van der Waals surface area contributed by atoms with E-state index in [0.29, 0.717) is 5.82 Å². The summed E-state index contributed by atoms with van der Waals surface area (Å²) in [5.74, 6) is -1.28. The number of H-pyrrole nitrogens is 1. The van der Waals surface area contributed by atoms with Crippen molar-refractivity contribution in [2.45, 2.75) is 17.9 Å². The molecule has 1 atom stereocenters. The predicted octanol–water partition coefficient (Wildman–Crippen LogP) is 1.45. The van der Waals surface area contributed by atoms with Gasteiger partial charge in [-0.25, -0.2) is 8.78 Å². The lowest BCUT2D eigenvalue weighted by molar-refractivity contribution is -0.119. The van der Waals surface area contributed by atoms with E-state index in [-0.39, 0.29) is 16.6 Å². The molecule has 1 heterocycles. The fourth-order valence-electron chi connectivity index (χ4n) is 1.44. The van der Waals surface area contributed by atoms with Gasteiger partial charge in [0.05, 0.1) is 11.8 Å². The number of hydrogen-bond acceptors (Lipinski definition) is 5. The number of amides is 1. The van der Waals surface area contributed by atoms with E-state index in [1.807, 2.05) is 0 Å². The zero-order valence-corrected chi connectivity index (χ0v) is 11.2. The molecule has 0 aliphatic carbocycles. The highest BCUT2D eigenvalue weighted by molar-refractivity contribution is 8.00. The highest BCUT2D eigenvalue weighted by atomic mass is 32.2. The maximum absolute atomic E-state index is 13.4. The quantitative estimate of drug-likeness (QED) is 0.816. The molecular weight excluding hydrogens is 288 g/mol. The molecule has 0 bridgehead atoms. The number of thioether (sulfide) groups is 1. The van der Waals surface area contributed by atoms with Crippen LogP contribution >= 0.6 is 11.8 Å². The van der Waals surface area contributed by atoms with Gasteiger partial charge in [0.1, 0.15) is 11.6 Å². The number of rotatable bonds is 5. The van der Waals surface area contributed by atoms with Gasteiger partial charge < -0.3 is 5.32 Å². The van der Waals surface area contributed by atoms with Crippen molar-refractivity contribution in [3.8, 4) is 0 Å². The smallest absolute Gasteiger partial charge is 0.230 e. The van der Waals surface area contributed by atoms with Gasteiger partial charge in [0.25, 0.3) is 0 Å². The van der Waals surface area contributed by atoms with Crippen LogP contribution < -0.4 is 5.32 Å². The van der Waals surface area contributed by atoms with Crippen molar-refractivity contribution in [3.63, 3.8) is 0 Å². The van der Waals surface area contributed by atoms with E-state index in [0.717, 1.165) is 23.9 Å². The maximum atomic E-state index is 13.4. The number of aromatic nitrogens is 4. The largest absolute Gasteiger partial charge is 0.345 e. The van der Waals surface area contributed by atoms with Crippen molar-refractivity contribution in [2.24, 2.45) is 0 Å². The van der Waals surface area contributed by atoms with Crippen molar-refractivity contribution in [1.82, 2.24) is 25.9 Å². The summed E-state index contributed by atoms with van der Waals surface area (Å²) in [7, 11) is 0. The van der Waals surface area contributed by atoms with Gasteiger partial charge in [0.15, 0.2) is 5.82 Å². The minimum absolute atomic E-state index is 0.00471. The first kappa shape index (κ1) is 14.4. The fourth-order valence-corrected chi connectivity index (χ4v) is 2.17. The number of tetrazole rings is 1. The lowest BCUT2D eigenvalue weighted by Gasteiger charge is -2.09. The average molecular weight is 299 g/mol. The summed E-state index contributed by atoms with van der Waals surface area (Å²) >= 11 is 0.985. The number of aromatic amines is 1. The van der Waals surface area contributed by atoms with Crippen LogP contribution in [0.1, 0.15) is 18.8 Å². The standard InChI is InChI=1S/C11H11F2N5OS/c1-6(11-15-17-18-16-11)14-10(19)5-20-9-3-2-7(12)4-8(9)13/h2-4,6H,5H2,1H3,(H,14,19)(H,15,16,17,18). The molecule has 0 aliphatic heterocycles. The van der Waals surface area contributed by atoms with Crippen molar-refractivity contribution in [1.29, 1.82) is 0 Å². The summed E-state index contributed by atoms with van der Waals surface area (Å²) < 4.78 is 26.1. The number of carbonyl (C=O) groups is 1. The fraction of sp³-hybridized carbons (Fsp3) is 0.273. The van der Waals surface area contributed by atoms with E-state index in [2.05, 4.69) is 25.9 Å². The molecule has 0 fully saturated rings. The number of halogens is 2. The number of carbonyl (C=O) groups excluding carboxylic acids is 1. The molecule has 1 unspecified atom stereocenters. The van der Waals surface area contributed by atoms with E-state index in [1.165, 1.54) is 6.07 Å². The maximum Gasteiger partial charge on any atom is 0.230 e. The van der Waals surface area contributed by atoms with Crippen LogP contribution in [0.25, 0.3) is 0 Å². The zero-order valence-electron chi connectivity index (χ0n) is 10.4. The summed E-state index contributed by atoms with van der Waals surface area (Å²) in [5.41, 5.74) is 0. The minimum Gasteiger partial charge on any atom is -0.345 e. The van der Waals surface area contributed by atoms with E-state index in [4.69, 9.17) is 0 Å². The molecule has 2 N–H and O–H groups in total. The second kappa shape index (κ2) is 6.42. The monoisotopic (exact) mass is 299 g/mol. The van der Waals surface area contributed by atoms with Crippen LogP contribution in [0.15, 0.2) is 23.1 Å². The van der Waals surface area contributed by atoms with Gasteiger partial charge in [0, 0.05) is 11.0 Å². The van der Waals surface area contributed by atoms with Crippen molar-refractivity contribution in [2.75, 3.05) is 5.75 Å². The summed E-state index contributed by atoms with van der Waals surface area (Å²) in [6.45, 7) is 1.70. The van der Waals surface area contributed by atoms with Crippen LogP contribution in [0.3, 0.4) is 0 Å². The molecule has 0 saturated heterocycles. The Bertz CT molecular complexity index is 593. The van der Waals surface area contributed by atoms with Crippen molar-refractivity contribution >= 4 is 17.7 Å². The van der Waals surface area contributed by atoms with E-state index in [1.54, 1.807) is 6.92 Å². The van der Waals surface area contributed by atoms with E-state index >= 15 is 0 Å². The van der Waals surface area contributed by atoms with Gasteiger partial charge in [-0.3, -0.25) is 4.79 Å². The normalized spacial score (nSPS) is 12.2. The Kier molecular flexibility index (Phi) is 4.61. The van der Waals surface area contributed by atoms with Crippen LogP contribution in [-0.4, -0.2) is 32.3 Å². The molecule has 2 rings (SSSR count). The van der Waals surface area contributed by atoms with E-state index < -0.39 is 17.7 Å². The number of nitrogens with zero attached hydrogens (tertiary/aromatic N) is 3. The molecule has 0 radical (unpaired) electrons. The van der Waals surface area contributed by atoms with Gasteiger partial charge in [-0.1, -0.05) is 5.21 Å². The second-order valence-corrected chi connectivity index (χ2v) is 4.94. The van der Waals surface area contributed by atoms with Gasteiger partial charge in [0.2, 0.25) is 5.91 Å². The summed E-state index contributed by atoms with van der Waals surface area (Å²) in [6, 6.07) is 2.82. The molecule has 0 saturated carbocycles. The molecule has 9 heteroatoms. The molecule has 6 nitrogen and oxygen atoms in total. The Morgan fingerprint density at radius 1 is 1.50 bits per heavy atom. The van der Waals surface area contributed by atoms with Crippen molar-refractivity contribution < 1.29 is 13.6 Å². The van der Waals surface area contributed by atoms with Crippen LogP contribution in [0.4, 0.5) is 8.78 Å². The first-order chi connectivity index (χ1) is 9.56. The average Bonchev–Trinajstić information content (AvgIpc) is 2.91. The molecule has 0 aliphatic rings. The van der Waals surface area contributed by atoms with Gasteiger partial charge in [-0.2, -0.15) is 5.21 Å². The van der Waals surface area contributed by atoms with Crippen LogP contribution in [0.5, 0.6) is 0 Å². The second-order valence-electron chi connectivity index (χ2n) is 3.92. The summed E-state index contributed by atoms with van der Waals surface area (Å²) in [4.78, 5) is 11.9. The lowest BCUT2D eigenvalue weighted by atomic mass is 10.3. The zero-order chi connectivity index (χ0) is 14.5. The third-order valence-corrected chi connectivity index (χ3v) is 3.43. The molecule has 0 spiro atoms. The minimum atomic E-state index is -0.686. The van der Waals surface area contributed by atoms with Crippen LogP contribution in [0.2, 0.25) is 0 Å². The molecule has 1 aromatic heterocycles. The highest BCUT2D eigenvalue weighted by Gasteiger charge is 2.14. The molecule has 1 amide bonds. The third kappa shape index (κ3) is 3.73. The Labute approximate surface area is 117 Å². The first-order valence-corrected chi connectivity index (χ1v) is 6.65. The lowest BCUT2D eigenvalue weighted by Crippen LogP contribution is -2.28. The third-order valence-electron chi connectivity index (χ3n) is 2.38. The Morgan fingerprint density at radius 3 is 2.95 bits per heavy atom. The molecule has 106 valence electrons. The molecule has 20 heavy (non-hydrogen) atoms. The van der Waals surface area contributed by atoms with Crippen LogP contribution in [-0.2, 0) is 4.79 Å².